The number of hydrogen-bond donors (Lipinski definition) is 2. The summed E-state index contributed by atoms with van der Waals surface area (Å²) in [6.45, 7) is 1.74. The van der Waals surface area contributed by atoms with Gasteiger partial charge in [-0.2, -0.15) is 0 Å². The molecule has 1 unspecified atom stereocenters. The standard InChI is InChI=1S/C28H23N3O2S/c1-19(32)20-8-7-9-21(18-20)30-28-29-17-16-24(31-28)27-15-14-26(34-27)23-12-5-6-13-25(23)33-22-10-3-2-4-11-22/h2-19,32H,1H3,(H,29,30,31). The Morgan fingerprint density at radius 3 is 2.50 bits per heavy atom. The molecule has 0 aliphatic rings. The highest BCUT2D eigenvalue weighted by molar-refractivity contribution is 7.18. The molecule has 0 radical (unpaired) electrons. The Kier molecular flexibility index (Phi) is 6.33. The van der Waals surface area contributed by atoms with E-state index in [1.165, 1.54) is 0 Å². The van der Waals surface area contributed by atoms with Gasteiger partial charge in [-0.25, -0.2) is 9.97 Å². The van der Waals surface area contributed by atoms with Crippen molar-refractivity contribution in [2.45, 2.75) is 13.0 Å². The van der Waals surface area contributed by atoms with Gasteiger partial charge >= 0.3 is 0 Å². The molecule has 2 aromatic heterocycles. The molecule has 2 N–H and O–H groups in total. The summed E-state index contributed by atoms with van der Waals surface area (Å²) in [5.74, 6) is 2.12. The lowest BCUT2D eigenvalue weighted by Crippen LogP contribution is -1.99. The van der Waals surface area contributed by atoms with Crippen molar-refractivity contribution < 1.29 is 9.84 Å². The van der Waals surface area contributed by atoms with Crippen LogP contribution in [0.4, 0.5) is 11.6 Å². The zero-order valence-corrected chi connectivity index (χ0v) is 19.4. The van der Waals surface area contributed by atoms with Crippen LogP contribution < -0.4 is 10.1 Å². The Hall–Kier alpha value is -4.00. The molecule has 0 aliphatic carbocycles. The van der Waals surface area contributed by atoms with E-state index in [1.54, 1.807) is 24.5 Å². The van der Waals surface area contributed by atoms with Gasteiger partial charge in [0, 0.05) is 22.3 Å². The molecule has 0 fully saturated rings. The first kappa shape index (κ1) is 21.8. The SMILES string of the molecule is CC(O)c1cccc(Nc2nccc(-c3ccc(-c4ccccc4Oc4ccccc4)s3)n2)c1. The van der Waals surface area contributed by atoms with E-state index in [0.717, 1.165) is 43.8 Å². The van der Waals surface area contributed by atoms with E-state index in [0.29, 0.717) is 5.95 Å². The van der Waals surface area contributed by atoms with Gasteiger partial charge < -0.3 is 15.2 Å². The van der Waals surface area contributed by atoms with Gasteiger partial charge in [0.1, 0.15) is 11.5 Å². The smallest absolute Gasteiger partial charge is 0.227 e. The molecule has 0 spiro atoms. The number of rotatable bonds is 7. The van der Waals surface area contributed by atoms with Crippen LogP contribution in [0.15, 0.2) is 103 Å². The molecule has 34 heavy (non-hydrogen) atoms. The van der Waals surface area contributed by atoms with E-state index in [4.69, 9.17) is 9.72 Å². The number of ether oxygens (including phenoxy) is 1. The highest BCUT2D eigenvalue weighted by Gasteiger charge is 2.12. The van der Waals surface area contributed by atoms with Crippen molar-refractivity contribution in [2.24, 2.45) is 0 Å². The minimum absolute atomic E-state index is 0.503. The van der Waals surface area contributed by atoms with Crippen molar-refractivity contribution in [1.29, 1.82) is 0 Å². The van der Waals surface area contributed by atoms with E-state index in [-0.39, 0.29) is 0 Å². The van der Waals surface area contributed by atoms with Gasteiger partial charge in [-0.05, 0) is 67.1 Å². The number of nitrogens with zero attached hydrogens (tertiary/aromatic N) is 2. The molecular weight excluding hydrogens is 442 g/mol. The molecule has 5 nitrogen and oxygen atoms in total. The summed E-state index contributed by atoms with van der Waals surface area (Å²) in [6, 6.07) is 31.5. The minimum Gasteiger partial charge on any atom is -0.457 e. The summed E-state index contributed by atoms with van der Waals surface area (Å²) < 4.78 is 6.14. The van der Waals surface area contributed by atoms with E-state index in [2.05, 4.69) is 28.5 Å². The summed E-state index contributed by atoms with van der Waals surface area (Å²) in [4.78, 5) is 11.2. The third-order valence-corrected chi connectivity index (χ3v) is 6.40. The first-order chi connectivity index (χ1) is 16.7. The van der Waals surface area contributed by atoms with Crippen molar-refractivity contribution in [3.63, 3.8) is 0 Å². The maximum Gasteiger partial charge on any atom is 0.227 e. The predicted octanol–water partition coefficient (Wildman–Crippen LogP) is 7.46. The second-order valence-corrected chi connectivity index (χ2v) is 8.85. The Balaban J connectivity index is 1.39. The van der Waals surface area contributed by atoms with Crippen molar-refractivity contribution in [1.82, 2.24) is 9.97 Å². The highest BCUT2D eigenvalue weighted by Crippen LogP contribution is 2.39. The van der Waals surface area contributed by atoms with E-state index < -0.39 is 6.10 Å². The Morgan fingerprint density at radius 2 is 1.65 bits per heavy atom. The first-order valence-electron chi connectivity index (χ1n) is 11.0. The summed E-state index contributed by atoms with van der Waals surface area (Å²) in [6.07, 6.45) is 1.21. The summed E-state index contributed by atoms with van der Waals surface area (Å²) in [5.41, 5.74) is 3.53. The molecule has 5 rings (SSSR count). The number of anilines is 2. The Labute approximate surface area is 202 Å². The lowest BCUT2D eigenvalue weighted by Gasteiger charge is -2.10. The third-order valence-electron chi connectivity index (χ3n) is 5.26. The fraction of sp³-hybridized carbons (Fsp3) is 0.0714. The van der Waals surface area contributed by atoms with Crippen LogP contribution in [0.3, 0.4) is 0 Å². The zero-order valence-electron chi connectivity index (χ0n) is 18.6. The molecular formula is C28H23N3O2S. The van der Waals surface area contributed by atoms with E-state index in [9.17, 15) is 5.11 Å². The van der Waals surface area contributed by atoms with Crippen molar-refractivity contribution in [2.75, 3.05) is 5.32 Å². The molecule has 6 heteroatoms. The molecule has 3 aromatic carbocycles. The second-order valence-electron chi connectivity index (χ2n) is 7.77. The summed E-state index contributed by atoms with van der Waals surface area (Å²) in [7, 11) is 0. The third kappa shape index (κ3) is 4.98. The first-order valence-corrected chi connectivity index (χ1v) is 11.8. The van der Waals surface area contributed by atoms with Crippen LogP contribution in [-0.2, 0) is 0 Å². The number of nitrogens with one attached hydrogen (secondary N) is 1. The van der Waals surface area contributed by atoms with Crippen LogP contribution in [0, 0.1) is 0 Å². The number of hydrogen-bond acceptors (Lipinski definition) is 6. The van der Waals surface area contributed by atoms with Crippen LogP contribution in [0.2, 0.25) is 0 Å². The molecule has 2 heterocycles. The van der Waals surface area contributed by atoms with Gasteiger partial charge in [0.25, 0.3) is 0 Å². The highest BCUT2D eigenvalue weighted by atomic mass is 32.1. The van der Waals surface area contributed by atoms with Crippen molar-refractivity contribution in [3.8, 4) is 32.5 Å². The van der Waals surface area contributed by atoms with Gasteiger partial charge in [0.15, 0.2) is 0 Å². The molecule has 0 saturated heterocycles. The molecule has 0 aliphatic heterocycles. The average Bonchev–Trinajstić information content (AvgIpc) is 3.36. The number of aliphatic hydroxyl groups excluding tert-OH is 1. The number of thiophene rings is 1. The Morgan fingerprint density at radius 1 is 0.853 bits per heavy atom. The number of benzene rings is 3. The molecule has 0 bridgehead atoms. The average molecular weight is 466 g/mol. The normalized spacial score (nSPS) is 11.7. The van der Waals surface area contributed by atoms with Gasteiger partial charge in [-0.3, -0.25) is 0 Å². The van der Waals surface area contributed by atoms with E-state index >= 15 is 0 Å². The quantitative estimate of drug-likeness (QED) is 0.261. The van der Waals surface area contributed by atoms with Gasteiger partial charge in [0.05, 0.1) is 16.7 Å². The molecule has 0 saturated carbocycles. The Bertz CT molecular complexity index is 1400. The molecule has 1 atom stereocenters. The molecule has 5 aromatic rings. The lowest BCUT2D eigenvalue weighted by atomic mass is 10.1. The van der Waals surface area contributed by atoms with Crippen LogP contribution >= 0.6 is 11.3 Å². The summed E-state index contributed by atoms with van der Waals surface area (Å²) in [5, 5.41) is 13.1. The molecule has 168 valence electrons. The largest absolute Gasteiger partial charge is 0.457 e. The van der Waals surface area contributed by atoms with Gasteiger partial charge in [-0.15, -0.1) is 11.3 Å². The fourth-order valence-corrected chi connectivity index (χ4v) is 4.56. The monoisotopic (exact) mass is 465 g/mol. The number of aliphatic hydroxyl groups is 1. The van der Waals surface area contributed by atoms with Crippen LogP contribution in [0.25, 0.3) is 21.0 Å². The lowest BCUT2D eigenvalue weighted by molar-refractivity contribution is 0.199. The van der Waals surface area contributed by atoms with Crippen molar-refractivity contribution in [3.05, 3.63) is 109 Å². The van der Waals surface area contributed by atoms with Crippen LogP contribution in [0.1, 0.15) is 18.6 Å². The summed E-state index contributed by atoms with van der Waals surface area (Å²) >= 11 is 1.65. The second kappa shape index (κ2) is 9.87. The van der Waals surface area contributed by atoms with E-state index in [1.807, 2.05) is 78.9 Å². The van der Waals surface area contributed by atoms with Crippen LogP contribution in [-0.4, -0.2) is 15.1 Å². The van der Waals surface area contributed by atoms with Crippen LogP contribution in [0.5, 0.6) is 11.5 Å². The topological polar surface area (TPSA) is 67.3 Å². The molecule has 0 amide bonds. The van der Waals surface area contributed by atoms with Gasteiger partial charge in [0.2, 0.25) is 5.95 Å². The zero-order chi connectivity index (χ0) is 23.3. The maximum absolute atomic E-state index is 9.84. The van der Waals surface area contributed by atoms with Gasteiger partial charge in [-0.1, -0.05) is 42.5 Å². The predicted molar refractivity (Wildman–Crippen MR) is 138 cm³/mol. The van der Waals surface area contributed by atoms with Crippen molar-refractivity contribution >= 4 is 23.0 Å². The maximum atomic E-state index is 9.84. The minimum atomic E-state index is -0.535. The number of aromatic nitrogens is 2. The fourth-order valence-electron chi connectivity index (χ4n) is 3.56. The number of para-hydroxylation sites is 2.